The molecule has 0 radical (unpaired) electrons. The molecule has 1 N–H and O–H groups in total. The van der Waals surface area contributed by atoms with Crippen LogP contribution in [0.1, 0.15) is 39.5 Å². The molecule has 1 aliphatic heterocycles. The molecule has 2 fully saturated rings. The first-order valence-electron chi connectivity index (χ1n) is 6.44. The molecule has 0 aromatic rings. The summed E-state index contributed by atoms with van der Waals surface area (Å²) in [6.45, 7) is 4.58. The van der Waals surface area contributed by atoms with Crippen molar-refractivity contribution in [3.8, 4) is 0 Å². The average molecular weight is 245 g/mol. The summed E-state index contributed by atoms with van der Waals surface area (Å²) in [4.78, 5) is 0. The predicted molar refractivity (Wildman–Crippen MR) is 66.2 cm³/mol. The molecule has 1 saturated heterocycles. The zero-order valence-corrected chi connectivity index (χ0v) is 11.1. The van der Waals surface area contributed by atoms with Gasteiger partial charge in [-0.1, -0.05) is 13.8 Å². The Labute approximate surface area is 98.9 Å². The number of hydrogen-bond acceptors (Lipinski definition) is 3. The largest absolute Gasteiger partial charge is 0.310 e. The Morgan fingerprint density at radius 2 is 1.88 bits per heavy atom. The molecule has 3 nitrogen and oxygen atoms in total. The van der Waals surface area contributed by atoms with Crippen LogP contribution in [0.4, 0.5) is 0 Å². The Hall–Kier alpha value is -0.0900. The minimum Gasteiger partial charge on any atom is -0.310 e. The zero-order chi connectivity index (χ0) is 11.8. The summed E-state index contributed by atoms with van der Waals surface area (Å²) in [6.07, 6.45) is 4.34. The van der Waals surface area contributed by atoms with Crippen LogP contribution < -0.4 is 5.32 Å². The SMILES string of the molecule is CC1CCC(NC2CCCS(=O)(=O)C2)C1C. The molecule has 4 unspecified atom stereocenters. The molecule has 4 atom stereocenters. The fourth-order valence-corrected chi connectivity index (χ4v) is 4.71. The second-order valence-electron chi connectivity index (χ2n) is 5.64. The molecule has 0 aromatic heterocycles. The lowest BCUT2D eigenvalue weighted by molar-refractivity contribution is 0.334. The first-order chi connectivity index (χ1) is 7.48. The van der Waals surface area contributed by atoms with Gasteiger partial charge < -0.3 is 5.32 Å². The maximum atomic E-state index is 11.5. The van der Waals surface area contributed by atoms with Crippen LogP contribution >= 0.6 is 0 Å². The van der Waals surface area contributed by atoms with Crippen molar-refractivity contribution >= 4 is 9.84 Å². The number of hydrogen-bond donors (Lipinski definition) is 1. The van der Waals surface area contributed by atoms with Crippen molar-refractivity contribution in [1.82, 2.24) is 5.32 Å². The van der Waals surface area contributed by atoms with Crippen molar-refractivity contribution in [2.75, 3.05) is 11.5 Å². The van der Waals surface area contributed by atoms with E-state index in [1.165, 1.54) is 12.8 Å². The van der Waals surface area contributed by atoms with Crippen LogP contribution in [-0.2, 0) is 9.84 Å². The molecule has 4 heteroatoms. The second kappa shape index (κ2) is 4.65. The van der Waals surface area contributed by atoms with Gasteiger partial charge in [-0.2, -0.15) is 0 Å². The molecule has 2 rings (SSSR count). The molecule has 1 aliphatic carbocycles. The minimum atomic E-state index is -2.77. The first kappa shape index (κ1) is 12.4. The summed E-state index contributed by atoms with van der Waals surface area (Å²) in [5, 5.41) is 3.57. The van der Waals surface area contributed by atoms with Gasteiger partial charge in [0.05, 0.1) is 11.5 Å². The molecule has 2 aliphatic rings. The third-order valence-electron chi connectivity index (χ3n) is 4.38. The number of nitrogens with one attached hydrogen (secondary N) is 1. The highest BCUT2D eigenvalue weighted by molar-refractivity contribution is 7.91. The van der Waals surface area contributed by atoms with Crippen LogP contribution in [0.15, 0.2) is 0 Å². The van der Waals surface area contributed by atoms with Crippen molar-refractivity contribution in [2.45, 2.75) is 51.6 Å². The van der Waals surface area contributed by atoms with E-state index in [0.717, 1.165) is 18.8 Å². The van der Waals surface area contributed by atoms with Gasteiger partial charge in [0.15, 0.2) is 9.84 Å². The first-order valence-corrected chi connectivity index (χ1v) is 8.26. The van der Waals surface area contributed by atoms with E-state index >= 15 is 0 Å². The molecule has 0 bridgehead atoms. The molecular formula is C12H23NO2S. The van der Waals surface area contributed by atoms with E-state index < -0.39 is 9.84 Å². The third-order valence-corrected chi connectivity index (χ3v) is 6.20. The third kappa shape index (κ3) is 2.77. The zero-order valence-electron chi connectivity index (χ0n) is 10.3. The molecule has 0 spiro atoms. The van der Waals surface area contributed by atoms with Crippen LogP contribution in [0, 0.1) is 11.8 Å². The van der Waals surface area contributed by atoms with E-state index in [9.17, 15) is 8.42 Å². The summed E-state index contributed by atoms with van der Waals surface area (Å²) in [5.41, 5.74) is 0. The van der Waals surface area contributed by atoms with Gasteiger partial charge in [0.25, 0.3) is 0 Å². The fraction of sp³-hybridized carbons (Fsp3) is 1.00. The fourth-order valence-electron chi connectivity index (χ4n) is 3.06. The van der Waals surface area contributed by atoms with Crippen molar-refractivity contribution in [3.05, 3.63) is 0 Å². The summed E-state index contributed by atoms with van der Waals surface area (Å²) in [7, 11) is -2.77. The Morgan fingerprint density at radius 3 is 2.44 bits per heavy atom. The van der Waals surface area contributed by atoms with Crippen molar-refractivity contribution in [1.29, 1.82) is 0 Å². The van der Waals surface area contributed by atoms with E-state index in [4.69, 9.17) is 0 Å². The molecule has 0 amide bonds. The molecule has 1 heterocycles. The standard InChI is InChI=1S/C12H23NO2S/c1-9-5-6-12(10(9)2)13-11-4-3-7-16(14,15)8-11/h9-13H,3-8H2,1-2H3. The van der Waals surface area contributed by atoms with Crippen molar-refractivity contribution in [2.24, 2.45) is 11.8 Å². The van der Waals surface area contributed by atoms with Gasteiger partial charge in [0, 0.05) is 12.1 Å². The van der Waals surface area contributed by atoms with Gasteiger partial charge in [-0.15, -0.1) is 0 Å². The Morgan fingerprint density at radius 1 is 1.12 bits per heavy atom. The maximum absolute atomic E-state index is 11.5. The summed E-state index contributed by atoms with van der Waals surface area (Å²) >= 11 is 0. The molecule has 94 valence electrons. The molecule has 1 saturated carbocycles. The van der Waals surface area contributed by atoms with Gasteiger partial charge in [-0.05, 0) is 37.5 Å². The van der Waals surface area contributed by atoms with Gasteiger partial charge in [-0.3, -0.25) is 0 Å². The van der Waals surface area contributed by atoms with E-state index in [0.29, 0.717) is 23.5 Å². The molecule has 0 aromatic carbocycles. The Bertz CT molecular complexity index is 339. The summed E-state index contributed by atoms with van der Waals surface area (Å²) < 4.78 is 23.1. The van der Waals surface area contributed by atoms with E-state index in [1.54, 1.807) is 0 Å². The number of sulfone groups is 1. The Balaban J connectivity index is 1.90. The van der Waals surface area contributed by atoms with E-state index in [2.05, 4.69) is 19.2 Å². The second-order valence-corrected chi connectivity index (χ2v) is 7.87. The highest BCUT2D eigenvalue weighted by atomic mass is 32.2. The lowest BCUT2D eigenvalue weighted by Crippen LogP contribution is -2.46. The highest BCUT2D eigenvalue weighted by Crippen LogP contribution is 2.31. The normalized spacial score (nSPS) is 43.4. The number of rotatable bonds is 2. The van der Waals surface area contributed by atoms with Gasteiger partial charge in [0.2, 0.25) is 0 Å². The van der Waals surface area contributed by atoms with Gasteiger partial charge >= 0.3 is 0 Å². The van der Waals surface area contributed by atoms with Crippen LogP contribution in [0.5, 0.6) is 0 Å². The molecule has 16 heavy (non-hydrogen) atoms. The van der Waals surface area contributed by atoms with Crippen LogP contribution in [0.2, 0.25) is 0 Å². The quantitative estimate of drug-likeness (QED) is 0.803. The average Bonchev–Trinajstić information content (AvgIpc) is 2.48. The minimum absolute atomic E-state index is 0.205. The Kier molecular flexibility index (Phi) is 3.59. The van der Waals surface area contributed by atoms with Crippen molar-refractivity contribution < 1.29 is 8.42 Å². The highest BCUT2D eigenvalue weighted by Gasteiger charge is 2.33. The van der Waals surface area contributed by atoms with Crippen LogP contribution in [0.25, 0.3) is 0 Å². The smallest absolute Gasteiger partial charge is 0.151 e. The van der Waals surface area contributed by atoms with Gasteiger partial charge in [0.1, 0.15) is 0 Å². The lowest BCUT2D eigenvalue weighted by Gasteiger charge is -2.29. The van der Waals surface area contributed by atoms with E-state index in [-0.39, 0.29) is 6.04 Å². The lowest BCUT2D eigenvalue weighted by atomic mass is 9.97. The monoisotopic (exact) mass is 245 g/mol. The maximum Gasteiger partial charge on any atom is 0.151 e. The van der Waals surface area contributed by atoms with Gasteiger partial charge in [-0.25, -0.2) is 8.42 Å². The van der Waals surface area contributed by atoms with Crippen LogP contribution in [-0.4, -0.2) is 32.0 Å². The summed E-state index contributed by atoms with van der Waals surface area (Å²) in [6, 6.07) is 0.741. The van der Waals surface area contributed by atoms with Crippen molar-refractivity contribution in [3.63, 3.8) is 0 Å². The van der Waals surface area contributed by atoms with Crippen LogP contribution in [0.3, 0.4) is 0 Å². The topological polar surface area (TPSA) is 46.2 Å². The van der Waals surface area contributed by atoms with E-state index in [1.807, 2.05) is 0 Å². The summed E-state index contributed by atoms with van der Waals surface area (Å²) in [5.74, 6) is 2.20. The predicted octanol–water partition coefficient (Wildman–Crippen LogP) is 1.59. The molecular weight excluding hydrogens is 222 g/mol.